The summed E-state index contributed by atoms with van der Waals surface area (Å²) in [6.45, 7) is 0. The van der Waals surface area contributed by atoms with Crippen molar-refractivity contribution >= 4 is 0 Å². The Hall–Kier alpha value is 0.543. The molecule has 0 spiro atoms. The molecule has 0 radical (unpaired) electrons. The van der Waals surface area contributed by atoms with Gasteiger partial charge < -0.3 is 0 Å². The first-order valence-electron chi connectivity index (χ1n) is 0.816. The van der Waals surface area contributed by atoms with Crippen molar-refractivity contribution in [2.24, 2.45) is 8.95 Å². The Labute approximate surface area is 34.7 Å². The molecule has 0 fully saturated rings. The van der Waals surface area contributed by atoms with Gasteiger partial charge in [0.15, 0.2) is 0 Å². The summed E-state index contributed by atoms with van der Waals surface area (Å²) >= 11 is -0.875. The molecule has 0 aliphatic rings. The van der Waals surface area contributed by atoms with Gasteiger partial charge in [0.25, 0.3) is 0 Å². The molecule has 3 heteroatoms. The van der Waals surface area contributed by atoms with Crippen LogP contribution in [0, 0.1) is 0 Å². The summed E-state index contributed by atoms with van der Waals surface area (Å²) in [5.74, 6) is 0. The molecule has 0 aromatic carbocycles. The summed E-state index contributed by atoms with van der Waals surface area (Å²) in [6, 6.07) is 0. The average molecular weight is 113 g/mol. The molecule has 0 atom stereocenters. The van der Waals surface area contributed by atoms with E-state index in [-0.39, 0.29) is 7.43 Å². The van der Waals surface area contributed by atoms with Crippen molar-refractivity contribution in [3.8, 4) is 0 Å². The zero-order chi connectivity index (χ0) is 2.71. The van der Waals surface area contributed by atoms with Crippen LogP contribution in [0.4, 0.5) is 0 Å². The monoisotopic (exact) mass is 112 g/mol. The SMILES string of the molecule is C.[NH2][Zn][NH2]. The van der Waals surface area contributed by atoms with Crippen LogP contribution in [0.1, 0.15) is 7.43 Å². The van der Waals surface area contributed by atoms with E-state index >= 15 is 0 Å². The molecule has 0 aromatic rings. The molecule has 0 bridgehead atoms. The Morgan fingerprint density at radius 2 is 1.25 bits per heavy atom. The fraction of sp³-hybridized carbons (Fsp3) is 1.00. The van der Waals surface area contributed by atoms with Crippen LogP contribution in [-0.4, -0.2) is 0 Å². The first kappa shape index (κ1) is 8.82. The van der Waals surface area contributed by atoms with Gasteiger partial charge in [-0.1, -0.05) is 7.43 Å². The Bertz CT molecular complexity index is 6.00. The van der Waals surface area contributed by atoms with Gasteiger partial charge in [0.1, 0.15) is 0 Å². The molecule has 0 rings (SSSR count). The van der Waals surface area contributed by atoms with E-state index in [0.29, 0.717) is 0 Å². The van der Waals surface area contributed by atoms with Crippen LogP contribution in [0.5, 0.6) is 0 Å². The van der Waals surface area contributed by atoms with Gasteiger partial charge in [0.2, 0.25) is 0 Å². The van der Waals surface area contributed by atoms with E-state index in [1.165, 1.54) is 0 Å². The summed E-state index contributed by atoms with van der Waals surface area (Å²) in [5, 5.41) is 0. The van der Waals surface area contributed by atoms with Crippen molar-refractivity contribution in [3.05, 3.63) is 0 Å². The molecule has 0 aliphatic heterocycles. The summed E-state index contributed by atoms with van der Waals surface area (Å²) in [6.07, 6.45) is 0. The van der Waals surface area contributed by atoms with Crippen molar-refractivity contribution in [2.45, 2.75) is 7.43 Å². The van der Waals surface area contributed by atoms with E-state index in [4.69, 9.17) is 8.95 Å². The van der Waals surface area contributed by atoms with Crippen molar-refractivity contribution in [1.29, 1.82) is 0 Å². The number of hydrogen-bond donors (Lipinski definition) is 2. The third-order valence-corrected chi connectivity index (χ3v) is 0. The van der Waals surface area contributed by atoms with Gasteiger partial charge in [-0.3, -0.25) is 0 Å². The van der Waals surface area contributed by atoms with Crippen molar-refractivity contribution < 1.29 is 17.6 Å². The minimum atomic E-state index is -0.875. The van der Waals surface area contributed by atoms with E-state index in [1.54, 1.807) is 0 Å². The second kappa shape index (κ2) is 9.62. The fourth-order valence-corrected chi connectivity index (χ4v) is 0. The molecule has 0 aromatic heterocycles. The molecular weight excluding hydrogens is 105 g/mol. The van der Waals surface area contributed by atoms with Gasteiger partial charge in [-0.05, 0) is 0 Å². The zero-order valence-corrected chi connectivity index (χ0v) is 4.83. The normalized spacial score (nSPS) is 2.50. The fourth-order valence-electron chi connectivity index (χ4n) is 0. The Kier molecular flexibility index (Phi) is 21.2. The summed E-state index contributed by atoms with van der Waals surface area (Å²) in [7, 11) is 0. The average Bonchev–Trinajstić information content (AvgIpc) is 0.918. The molecule has 0 saturated heterocycles. The van der Waals surface area contributed by atoms with Crippen LogP contribution in [0.25, 0.3) is 0 Å². The van der Waals surface area contributed by atoms with E-state index in [2.05, 4.69) is 0 Å². The van der Waals surface area contributed by atoms with Gasteiger partial charge in [-0.2, -0.15) is 0 Å². The predicted molar refractivity (Wildman–Crippen MR) is 15.1 cm³/mol. The van der Waals surface area contributed by atoms with Gasteiger partial charge in [0, 0.05) is 0 Å². The van der Waals surface area contributed by atoms with Crippen molar-refractivity contribution in [2.75, 3.05) is 0 Å². The van der Waals surface area contributed by atoms with Crippen LogP contribution in [0.3, 0.4) is 0 Å². The van der Waals surface area contributed by atoms with Crippen LogP contribution >= 0.6 is 0 Å². The Morgan fingerprint density at radius 3 is 1.25 bits per heavy atom. The van der Waals surface area contributed by atoms with Gasteiger partial charge in [0.05, 0.1) is 0 Å². The molecule has 24 valence electrons. The molecule has 0 heterocycles. The van der Waals surface area contributed by atoms with E-state index < -0.39 is 17.6 Å². The first-order chi connectivity index (χ1) is 1.41. The summed E-state index contributed by atoms with van der Waals surface area (Å²) in [4.78, 5) is 0. The van der Waals surface area contributed by atoms with Crippen LogP contribution in [0.2, 0.25) is 0 Å². The number of nitrogens with two attached hydrogens (primary N) is 2. The summed E-state index contributed by atoms with van der Waals surface area (Å²) in [5.41, 5.74) is 0. The molecule has 0 amide bonds. The van der Waals surface area contributed by atoms with Crippen molar-refractivity contribution in [3.63, 3.8) is 0 Å². The maximum atomic E-state index is 4.81. The standard InChI is InChI=1S/CH4.2H2N.Zn/h1H4;2*1H2;/q;2*-1;+2. The molecule has 4 N–H and O–H groups in total. The number of hydrogen-bond acceptors (Lipinski definition) is 2. The molecule has 2 nitrogen and oxygen atoms in total. The summed E-state index contributed by atoms with van der Waals surface area (Å²) < 4.78 is 9.62. The molecule has 0 aliphatic carbocycles. The van der Waals surface area contributed by atoms with Crippen LogP contribution in [-0.2, 0) is 17.6 Å². The third kappa shape index (κ3) is 20.5. The molecular formula is CH8N2Zn. The van der Waals surface area contributed by atoms with E-state index in [1.807, 2.05) is 0 Å². The Morgan fingerprint density at radius 1 is 1.25 bits per heavy atom. The van der Waals surface area contributed by atoms with Crippen LogP contribution < -0.4 is 8.95 Å². The predicted octanol–water partition coefficient (Wildman–Crippen LogP) is -0.548. The molecule has 0 saturated carbocycles. The van der Waals surface area contributed by atoms with E-state index in [9.17, 15) is 0 Å². The minimum absolute atomic E-state index is 0. The molecule has 0 unspecified atom stereocenters. The zero-order valence-electron chi connectivity index (χ0n) is 1.86. The van der Waals surface area contributed by atoms with Crippen LogP contribution in [0.15, 0.2) is 0 Å². The number of rotatable bonds is 0. The molecule has 4 heavy (non-hydrogen) atoms. The van der Waals surface area contributed by atoms with E-state index in [0.717, 1.165) is 0 Å². The third-order valence-electron chi connectivity index (χ3n) is 0. The quantitative estimate of drug-likeness (QED) is 0.414. The maximum absolute atomic E-state index is 4.81. The van der Waals surface area contributed by atoms with Gasteiger partial charge in [-0.15, -0.1) is 0 Å². The first-order valence-corrected chi connectivity index (χ1v) is 4.24. The van der Waals surface area contributed by atoms with Gasteiger partial charge >= 0.3 is 26.6 Å². The van der Waals surface area contributed by atoms with Crippen molar-refractivity contribution in [1.82, 2.24) is 0 Å². The van der Waals surface area contributed by atoms with Gasteiger partial charge in [-0.25, -0.2) is 0 Å². The second-order valence-electron chi connectivity index (χ2n) is 0.236. The topological polar surface area (TPSA) is 52.0 Å². The Balaban J connectivity index is 0. The second-order valence-corrected chi connectivity index (χ2v) is 1.22.